The van der Waals surface area contributed by atoms with Gasteiger partial charge in [0.15, 0.2) is 0 Å². The summed E-state index contributed by atoms with van der Waals surface area (Å²) in [5.74, 6) is 0.882. The van der Waals surface area contributed by atoms with Crippen LogP contribution < -0.4 is 10.6 Å². The highest BCUT2D eigenvalue weighted by atomic mass is 16.5. The van der Waals surface area contributed by atoms with Crippen LogP contribution in [0.4, 0.5) is 17.2 Å². The van der Waals surface area contributed by atoms with Gasteiger partial charge in [-0.05, 0) is 36.6 Å². The third-order valence-electron chi connectivity index (χ3n) is 4.75. The van der Waals surface area contributed by atoms with Crippen LogP contribution in [0.5, 0.6) is 0 Å². The Morgan fingerprint density at radius 3 is 2.87 bits per heavy atom. The number of pyridine rings is 1. The van der Waals surface area contributed by atoms with Crippen LogP contribution in [-0.2, 0) is 16.7 Å². The fraction of sp³-hybridized carbons (Fsp3) is 0.333. The number of ether oxygens (including phenoxy) is 1. The predicted molar refractivity (Wildman–Crippen MR) is 88.6 cm³/mol. The van der Waals surface area contributed by atoms with Gasteiger partial charge in [0.25, 0.3) is 0 Å². The van der Waals surface area contributed by atoms with Crippen molar-refractivity contribution in [2.24, 2.45) is 0 Å². The van der Waals surface area contributed by atoms with Crippen LogP contribution >= 0.6 is 0 Å². The number of nitriles is 1. The third kappa shape index (κ3) is 2.41. The summed E-state index contributed by atoms with van der Waals surface area (Å²) in [6, 6.07) is 12.7. The summed E-state index contributed by atoms with van der Waals surface area (Å²) in [6.45, 7) is 2.01. The molecule has 0 radical (unpaired) electrons. The van der Waals surface area contributed by atoms with E-state index in [4.69, 9.17) is 4.74 Å². The molecule has 4 rings (SSSR count). The van der Waals surface area contributed by atoms with Crippen molar-refractivity contribution < 1.29 is 4.74 Å². The lowest BCUT2D eigenvalue weighted by Gasteiger charge is -2.31. The Labute approximate surface area is 135 Å². The van der Waals surface area contributed by atoms with Gasteiger partial charge in [-0.1, -0.05) is 12.1 Å². The Balaban J connectivity index is 1.71. The summed E-state index contributed by atoms with van der Waals surface area (Å²) >= 11 is 0. The SMILES string of the molecule is N#CC1(c2ccc3c(c2)NCc2cccnc2N3)CCOCC1. The number of benzene rings is 1. The zero-order valence-corrected chi connectivity index (χ0v) is 12.8. The molecule has 3 heterocycles. The molecule has 0 saturated carbocycles. The Morgan fingerprint density at radius 1 is 1.17 bits per heavy atom. The number of anilines is 3. The van der Waals surface area contributed by atoms with Gasteiger partial charge in [-0.2, -0.15) is 5.26 Å². The third-order valence-corrected chi connectivity index (χ3v) is 4.75. The van der Waals surface area contributed by atoms with E-state index in [-0.39, 0.29) is 0 Å². The number of rotatable bonds is 1. The van der Waals surface area contributed by atoms with Crippen molar-refractivity contribution in [3.8, 4) is 6.07 Å². The number of aromatic nitrogens is 1. The molecule has 5 heteroatoms. The van der Waals surface area contributed by atoms with Gasteiger partial charge in [0.2, 0.25) is 0 Å². The minimum atomic E-state index is -0.438. The van der Waals surface area contributed by atoms with Gasteiger partial charge in [-0.15, -0.1) is 0 Å². The molecule has 2 N–H and O–H groups in total. The predicted octanol–water partition coefficient (Wildman–Crippen LogP) is 3.32. The number of hydrogen-bond donors (Lipinski definition) is 2. The van der Waals surface area contributed by atoms with E-state index < -0.39 is 5.41 Å². The molecule has 2 aliphatic rings. The first-order valence-corrected chi connectivity index (χ1v) is 7.89. The molecule has 2 aliphatic heterocycles. The summed E-state index contributed by atoms with van der Waals surface area (Å²) in [6.07, 6.45) is 3.28. The van der Waals surface area contributed by atoms with Crippen molar-refractivity contribution in [3.05, 3.63) is 47.7 Å². The average molecular weight is 306 g/mol. The van der Waals surface area contributed by atoms with E-state index in [1.54, 1.807) is 6.20 Å². The van der Waals surface area contributed by atoms with Crippen molar-refractivity contribution in [2.75, 3.05) is 23.8 Å². The standard InChI is InChI=1S/C18H18N4O/c19-12-18(5-8-23-9-6-18)14-3-4-15-16(10-14)21-11-13-2-1-7-20-17(13)22-15/h1-4,7,10,21H,5-6,8-9,11H2,(H,20,22). The highest BCUT2D eigenvalue weighted by Gasteiger charge is 2.35. The van der Waals surface area contributed by atoms with Gasteiger partial charge in [0.05, 0.1) is 22.9 Å². The molecule has 2 aromatic rings. The second kappa shape index (κ2) is 5.56. The maximum Gasteiger partial charge on any atom is 0.135 e. The van der Waals surface area contributed by atoms with Crippen molar-refractivity contribution in [2.45, 2.75) is 24.8 Å². The lowest BCUT2D eigenvalue weighted by molar-refractivity contribution is 0.0675. The van der Waals surface area contributed by atoms with Gasteiger partial charge in [0.1, 0.15) is 5.82 Å². The second-order valence-electron chi connectivity index (χ2n) is 6.06. The number of nitrogens with zero attached hydrogens (tertiary/aromatic N) is 2. The molecule has 0 atom stereocenters. The fourth-order valence-corrected chi connectivity index (χ4v) is 3.29. The quantitative estimate of drug-likeness (QED) is 0.845. The fourth-order valence-electron chi connectivity index (χ4n) is 3.29. The normalized spacial score (nSPS) is 18.4. The molecular formula is C18H18N4O. The zero-order valence-electron chi connectivity index (χ0n) is 12.8. The van der Waals surface area contributed by atoms with Crippen molar-refractivity contribution in [1.29, 1.82) is 5.26 Å². The molecule has 1 saturated heterocycles. The highest BCUT2D eigenvalue weighted by Crippen LogP contribution is 2.39. The molecule has 0 aliphatic carbocycles. The Kier molecular flexibility index (Phi) is 3.40. The summed E-state index contributed by atoms with van der Waals surface area (Å²) in [7, 11) is 0. The second-order valence-corrected chi connectivity index (χ2v) is 6.06. The smallest absolute Gasteiger partial charge is 0.135 e. The monoisotopic (exact) mass is 306 g/mol. The van der Waals surface area contributed by atoms with Crippen LogP contribution in [0, 0.1) is 11.3 Å². The minimum absolute atomic E-state index is 0.438. The maximum atomic E-state index is 9.75. The molecule has 1 fully saturated rings. The summed E-state index contributed by atoms with van der Waals surface area (Å²) in [5.41, 5.74) is 3.77. The summed E-state index contributed by atoms with van der Waals surface area (Å²) in [5, 5.41) is 16.6. The lowest BCUT2D eigenvalue weighted by atomic mass is 9.75. The first-order valence-electron chi connectivity index (χ1n) is 7.89. The van der Waals surface area contributed by atoms with E-state index in [9.17, 15) is 5.26 Å². The molecule has 0 amide bonds. The average Bonchev–Trinajstić information content (AvgIpc) is 2.81. The first-order chi connectivity index (χ1) is 11.3. The number of nitrogens with one attached hydrogen (secondary N) is 2. The van der Waals surface area contributed by atoms with Crippen LogP contribution in [0.1, 0.15) is 24.0 Å². The maximum absolute atomic E-state index is 9.75. The molecule has 0 bridgehead atoms. The van der Waals surface area contributed by atoms with Crippen LogP contribution in [-0.4, -0.2) is 18.2 Å². The lowest BCUT2D eigenvalue weighted by Crippen LogP contribution is -2.32. The van der Waals surface area contributed by atoms with Gasteiger partial charge in [-0.3, -0.25) is 0 Å². The molecule has 1 aromatic carbocycles. The number of fused-ring (bicyclic) bond motifs is 2. The van der Waals surface area contributed by atoms with Crippen LogP contribution in [0.3, 0.4) is 0 Å². The van der Waals surface area contributed by atoms with E-state index in [0.717, 1.165) is 47.7 Å². The van der Waals surface area contributed by atoms with E-state index in [2.05, 4.69) is 39.9 Å². The Bertz CT molecular complexity index is 775. The minimum Gasteiger partial charge on any atom is -0.381 e. The molecule has 23 heavy (non-hydrogen) atoms. The molecule has 0 unspecified atom stereocenters. The van der Waals surface area contributed by atoms with E-state index in [0.29, 0.717) is 13.2 Å². The Morgan fingerprint density at radius 2 is 2.04 bits per heavy atom. The summed E-state index contributed by atoms with van der Waals surface area (Å²) in [4.78, 5) is 4.40. The van der Waals surface area contributed by atoms with Crippen molar-refractivity contribution in [1.82, 2.24) is 4.98 Å². The molecule has 5 nitrogen and oxygen atoms in total. The van der Waals surface area contributed by atoms with Crippen molar-refractivity contribution >= 4 is 17.2 Å². The van der Waals surface area contributed by atoms with E-state index in [1.165, 1.54) is 0 Å². The van der Waals surface area contributed by atoms with E-state index >= 15 is 0 Å². The van der Waals surface area contributed by atoms with Gasteiger partial charge < -0.3 is 15.4 Å². The summed E-state index contributed by atoms with van der Waals surface area (Å²) < 4.78 is 5.44. The molecule has 1 aromatic heterocycles. The number of hydrogen-bond acceptors (Lipinski definition) is 5. The molecule has 116 valence electrons. The van der Waals surface area contributed by atoms with Gasteiger partial charge in [-0.25, -0.2) is 4.98 Å². The first kappa shape index (κ1) is 14.0. The topological polar surface area (TPSA) is 70.0 Å². The van der Waals surface area contributed by atoms with Gasteiger partial charge in [0, 0.05) is 31.5 Å². The van der Waals surface area contributed by atoms with Crippen LogP contribution in [0.15, 0.2) is 36.5 Å². The van der Waals surface area contributed by atoms with E-state index in [1.807, 2.05) is 12.1 Å². The van der Waals surface area contributed by atoms with Crippen LogP contribution in [0.2, 0.25) is 0 Å². The van der Waals surface area contributed by atoms with Gasteiger partial charge >= 0.3 is 0 Å². The van der Waals surface area contributed by atoms with Crippen molar-refractivity contribution in [3.63, 3.8) is 0 Å². The molecule has 0 spiro atoms. The van der Waals surface area contributed by atoms with Crippen LogP contribution in [0.25, 0.3) is 0 Å². The zero-order chi connectivity index (χ0) is 15.7. The highest BCUT2D eigenvalue weighted by molar-refractivity contribution is 5.77. The molecular weight excluding hydrogens is 288 g/mol. The largest absolute Gasteiger partial charge is 0.381 e. The Hall–Kier alpha value is -2.58.